The van der Waals surface area contributed by atoms with Crippen molar-refractivity contribution in [2.45, 2.75) is 59.2 Å². The van der Waals surface area contributed by atoms with Crippen molar-refractivity contribution >= 4 is 23.4 Å². The second kappa shape index (κ2) is 7.87. The van der Waals surface area contributed by atoms with E-state index in [1.54, 1.807) is 17.9 Å². The topological polar surface area (TPSA) is 67.9 Å². The van der Waals surface area contributed by atoms with Gasteiger partial charge in [-0.15, -0.1) is 0 Å². The highest BCUT2D eigenvalue weighted by atomic mass is 16.6. The number of amides is 2. The molecule has 25 heavy (non-hydrogen) atoms. The third-order valence-electron chi connectivity index (χ3n) is 3.87. The highest BCUT2D eigenvalue weighted by Crippen LogP contribution is 2.31. The van der Waals surface area contributed by atoms with Gasteiger partial charge in [-0.3, -0.25) is 9.69 Å². The number of rotatable bonds is 4. The molecule has 0 radical (unpaired) electrons. The highest BCUT2D eigenvalue weighted by molar-refractivity contribution is 5.95. The molecule has 1 aromatic rings. The normalized spacial score (nSPS) is 15.3. The van der Waals surface area contributed by atoms with Crippen LogP contribution in [0.15, 0.2) is 18.2 Å². The first-order valence-electron chi connectivity index (χ1n) is 8.77. The van der Waals surface area contributed by atoms with Gasteiger partial charge >= 0.3 is 6.09 Å². The lowest BCUT2D eigenvalue weighted by atomic mass is 10.0. The third kappa shape index (κ3) is 5.19. The summed E-state index contributed by atoms with van der Waals surface area (Å²) < 4.78 is 10.8. The molecule has 1 aliphatic heterocycles. The number of hydrogen-bond acceptors (Lipinski definition) is 4. The molecule has 6 heteroatoms. The van der Waals surface area contributed by atoms with Crippen molar-refractivity contribution < 1.29 is 19.1 Å². The van der Waals surface area contributed by atoms with Gasteiger partial charge in [0.25, 0.3) is 5.91 Å². The minimum absolute atomic E-state index is 0.179. The zero-order valence-corrected chi connectivity index (χ0v) is 15.7. The van der Waals surface area contributed by atoms with Crippen molar-refractivity contribution in [3.8, 4) is 0 Å². The molecule has 1 aliphatic rings. The van der Waals surface area contributed by atoms with Gasteiger partial charge in [0, 0.05) is 18.8 Å². The average Bonchev–Trinajstić information content (AvgIpc) is 2.52. The number of carbonyl (C=O) groups excluding carboxylic acids is 2. The summed E-state index contributed by atoms with van der Waals surface area (Å²) in [4.78, 5) is 26.2. The molecule has 2 amide bonds. The van der Waals surface area contributed by atoms with E-state index in [4.69, 9.17) is 9.47 Å². The molecule has 0 unspecified atom stereocenters. The van der Waals surface area contributed by atoms with E-state index >= 15 is 0 Å². The molecular formula is C19H28N2O4. The molecule has 1 atom stereocenters. The minimum Gasteiger partial charge on any atom is -0.443 e. The number of carbonyl (C=O) groups is 2. The van der Waals surface area contributed by atoms with Crippen molar-refractivity contribution in [3.63, 3.8) is 0 Å². The van der Waals surface area contributed by atoms with Crippen molar-refractivity contribution in [1.82, 2.24) is 0 Å². The molecule has 1 N–H and O–H groups in total. The van der Waals surface area contributed by atoms with E-state index in [0.29, 0.717) is 18.8 Å². The largest absolute Gasteiger partial charge is 0.443 e. The van der Waals surface area contributed by atoms with Gasteiger partial charge in [-0.25, -0.2) is 4.79 Å². The summed E-state index contributed by atoms with van der Waals surface area (Å²) in [5, 5.41) is 2.86. The maximum Gasteiger partial charge on any atom is 0.414 e. The maximum absolute atomic E-state index is 12.4. The second-order valence-electron chi connectivity index (χ2n) is 7.17. The zero-order valence-electron chi connectivity index (χ0n) is 15.7. The Morgan fingerprint density at radius 2 is 2.04 bits per heavy atom. The molecule has 1 aromatic carbocycles. The monoisotopic (exact) mass is 348 g/mol. The van der Waals surface area contributed by atoms with Gasteiger partial charge in [0.2, 0.25) is 0 Å². The molecule has 138 valence electrons. The lowest BCUT2D eigenvalue weighted by Gasteiger charge is -2.32. The van der Waals surface area contributed by atoms with Gasteiger partial charge in [-0.2, -0.15) is 0 Å². The lowest BCUT2D eigenvalue weighted by molar-refractivity contribution is -0.126. The highest BCUT2D eigenvalue weighted by Gasteiger charge is 2.27. The molecule has 2 rings (SSSR count). The van der Waals surface area contributed by atoms with Crippen molar-refractivity contribution in [1.29, 1.82) is 0 Å². The van der Waals surface area contributed by atoms with Crippen LogP contribution < -0.4 is 10.2 Å². The van der Waals surface area contributed by atoms with Gasteiger partial charge < -0.3 is 14.8 Å². The van der Waals surface area contributed by atoms with Crippen LogP contribution in [0.2, 0.25) is 0 Å². The van der Waals surface area contributed by atoms with Gasteiger partial charge in [-0.05, 0) is 71.2 Å². The van der Waals surface area contributed by atoms with Crippen molar-refractivity contribution in [3.05, 3.63) is 23.8 Å². The first-order valence-corrected chi connectivity index (χ1v) is 8.77. The molecule has 0 aliphatic carbocycles. The quantitative estimate of drug-likeness (QED) is 0.900. The molecule has 0 fully saturated rings. The van der Waals surface area contributed by atoms with Crippen LogP contribution in [0.25, 0.3) is 0 Å². The molecule has 0 saturated carbocycles. The average molecular weight is 348 g/mol. The number of aryl methyl sites for hydroxylation is 1. The number of benzene rings is 1. The maximum atomic E-state index is 12.4. The van der Waals surface area contributed by atoms with E-state index in [2.05, 4.69) is 5.32 Å². The number of nitrogens with one attached hydrogen (secondary N) is 1. The Morgan fingerprint density at radius 1 is 1.32 bits per heavy atom. The fourth-order valence-corrected chi connectivity index (χ4v) is 2.75. The van der Waals surface area contributed by atoms with Crippen LogP contribution in [-0.4, -0.2) is 36.9 Å². The number of hydrogen-bond donors (Lipinski definition) is 1. The number of fused-ring (bicyclic) bond motifs is 1. The van der Waals surface area contributed by atoms with Crippen LogP contribution >= 0.6 is 0 Å². The lowest BCUT2D eigenvalue weighted by Crippen LogP contribution is -2.39. The Bertz CT molecular complexity index is 637. The minimum atomic E-state index is -0.530. The van der Waals surface area contributed by atoms with Crippen LogP contribution in [0.1, 0.15) is 46.6 Å². The van der Waals surface area contributed by atoms with E-state index in [1.807, 2.05) is 39.8 Å². The molecule has 6 nitrogen and oxygen atoms in total. The van der Waals surface area contributed by atoms with Crippen LogP contribution in [0, 0.1) is 0 Å². The van der Waals surface area contributed by atoms with Crippen LogP contribution in [0.5, 0.6) is 0 Å². The van der Waals surface area contributed by atoms with Crippen LogP contribution in [0.4, 0.5) is 16.2 Å². The molecule has 0 saturated heterocycles. The fourth-order valence-electron chi connectivity index (χ4n) is 2.75. The van der Waals surface area contributed by atoms with E-state index in [9.17, 15) is 9.59 Å². The summed E-state index contributed by atoms with van der Waals surface area (Å²) in [7, 11) is 0. The number of anilines is 2. The summed E-state index contributed by atoms with van der Waals surface area (Å²) in [6.45, 7) is 10.3. The molecular weight excluding hydrogens is 320 g/mol. The fraction of sp³-hybridized carbons (Fsp3) is 0.579. The Balaban J connectivity index is 2.14. The second-order valence-corrected chi connectivity index (χ2v) is 7.17. The predicted molar refractivity (Wildman–Crippen MR) is 98.1 cm³/mol. The Labute approximate surface area is 149 Å². The first kappa shape index (κ1) is 19.2. The van der Waals surface area contributed by atoms with Crippen molar-refractivity contribution in [2.75, 3.05) is 23.4 Å². The smallest absolute Gasteiger partial charge is 0.414 e. The molecule has 0 aromatic heterocycles. The van der Waals surface area contributed by atoms with Gasteiger partial charge in [0.05, 0.1) is 5.69 Å². The summed E-state index contributed by atoms with van der Waals surface area (Å²) >= 11 is 0. The van der Waals surface area contributed by atoms with E-state index in [1.165, 1.54) is 0 Å². The first-order chi connectivity index (χ1) is 11.7. The SMILES string of the molecule is CCO[C@H](C)C(=O)Nc1ccc2c(c1)CCCN2C(=O)OC(C)(C)C. The van der Waals surface area contributed by atoms with Crippen molar-refractivity contribution in [2.24, 2.45) is 0 Å². The zero-order chi connectivity index (χ0) is 18.6. The molecule has 0 spiro atoms. The summed E-state index contributed by atoms with van der Waals surface area (Å²) in [5.74, 6) is -0.179. The van der Waals surface area contributed by atoms with Crippen LogP contribution in [-0.2, 0) is 20.7 Å². The standard InChI is InChI=1S/C19H28N2O4/c1-6-24-13(2)17(22)20-15-9-10-16-14(12-15)8-7-11-21(16)18(23)25-19(3,4)5/h9-10,12-13H,6-8,11H2,1-5H3,(H,20,22)/t13-/m1/s1. The summed E-state index contributed by atoms with van der Waals surface area (Å²) in [6.07, 6.45) is 0.882. The number of nitrogens with zero attached hydrogens (tertiary/aromatic N) is 1. The van der Waals surface area contributed by atoms with Gasteiger partial charge in [-0.1, -0.05) is 0 Å². The number of ether oxygens (including phenoxy) is 2. The predicted octanol–water partition coefficient (Wildman–Crippen LogP) is 3.74. The molecule has 0 bridgehead atoms. The van der Waals surface area contributed by atoms with E-state index in [0.717, 1.165) is 24.1 Å². The van der Waals surface area contributed by atoms with Gasteiger partial charge in [0.1, 0.15) is 11.7 Å². The van der Waals surface area contributed by atoms with Gasteiger partial charge in [0.15, 0.2) is 0 Å². The molecule has 1 heterocycles. The Morgan fingerprint density at radius 3 is 2.68 bits per heavy atom. The summed E-state index contributed by atoms with van der Waals surface area (Å²) in [6, 6.07) is 5.58. The Kier molecular flexibility index (Phi) is 6.06. The van der Waals surface area contributed by atoms with E-state index < -0.39 is 11.7 Å². The Hall–Kier alpha value is -2.08. The summed E-state index contributed by atoms with van der Waals surface area (Å²) in [5.41, 5.74) is 2.05. The third-order valence-corrected chi connectivity index (χ3v) is 3.87. The van der Waals surface area contributed by atoms with Crippen LogP contribution in [0.3, 0.4) is 0 Å². The van der Waals surface area contributed by atoms with E-state index in [-0.39, 0.29) is 12.0 Å².